The summed E-state index contributed by atoms with van der Waals surface area (Å²) in [5.41, 5.74) is 1.70. The van der Waals surface area contributed by atoms with Crippen LogP contribution in [0.25, 0.3) is 11.0 Å². The molecule has 0 unspecified atom stereocenters. The molecule has 2 heterocycles. The van der Waals surface area contributed by atoms with Gasteiger partial charge in [0.2, 0.25) is 0 Å². The Balaban J connectivity index is 2.98. The van der Waals surface area contributed by atoms with E-state index in [9.17, 15) is 0 Å². The maximum atomic E-state index is 5.88. The predicted octanol–water partition coefficient (Wildman–Crippen LogP) is 2.38. The van der Waals surface area contributed by atoms with Crippen molar-refractivity contribution in [3.8, 4) is 0 Å². The molecule has 0 aromatic carbocycles. The third kappa shape index (κ3) is 1.03. The molecular formula is C7H5BrClN3. The van der Waals surface area contributed by atoms with Gasteiger partial charge in [0.1, 0.15) is 11.0 Å². The Morgan fingerprint density at radius 3 is 2.92 bits per heavy atom. The Hall–Kier alpha value is -0.610. The summed E-state index contributed by atoms with van der Waals surface area (Å²) < 4.78 is 2.71. The molecule has 0 amide bonds. The van der Waals surface area contributed by atoms with E-state index in [1.165, 1.54) is 0 Å². The van der Waals surface area contributed by atoms with Crippen LogP contribution >= 0.6 is 27.5 Å². The van der Waals surface area contributed by atoms with Gasteiger partial charge in [0.15, 0.2) is 5.15 Å². The zero-order valence-electron chi connectivity index (χ0n) is 6.25. The third-order valence-electron chi connectivity index (χ3n) is 1.65. The molecular weight excluding hydrogens is 241 g/mol. The maximum absolute atomic E-state index is 5.88. The van der Waals surface area contributed by atoms with Crippen molar-refractivity contribution >= 4 is 38.6 Å². The van der Waals surface area contributed by atoms with E-state index >= 15 is 0 Å². The number of aromatic nitrogens is 3. The molecule has 3 nitrogen and oxygen atoms in total. The lowest BCUT2D eigenvalue weighted by molar-refractivity contribution is 0.945. The van der Waals surface area contributed by atoms with Gasteiger partial charge in [-0.05, 0) is 15.9 Å². The largest absolute Gasteiger partial charge is 0.331 e. The molecule has 0 aliphatic carbocycles. The molecule has 5 heteroatoms. The van der Waals surface area contributed by atoms with Gasteiger partial charge >= 0.3 is 0 Å². The van der Waals surface area contributed by atoms with E-state index in [1.54, 1.807) is 12.5 Å². The van der Waals surface area contributed by atoms with Gasteiger partial charge < -0.3 is 4.57 Å². The first-order valence-corrected chi connectivity index (χ1v) is 4.48. The first-order valence-electron chi connectivity index (χ1n) is 3.31. The lowest BCUT2D eigenvalue weighted by Gasteiger charge is -1.97. The highest BCUT2D eigenvalue weighted by atomic mass is 79.9. The van der Waals surface area contributed by atoms with Crippen LogP contribution in [0.1, 0.15) is 0 Å². The molecule has 0 fully saturated rings. The van der Waals surface area contributed by atoms with Crippen LogP contribution < -0.4 is 0 Å². The van der Waals surface area contributed by atoms with Crippen molar-refractivity contribution in [1.29, 1.82) is 0 Å². The van der Waals surface area contributed by atoms with Crippen LogP contribution in [0.15, 0.2) is 17.0 Å². The molecule has 0 spiro atoms. The summed E-state index contributed by atoms with van der Waals surface area (Å²) in [6.07, 6.45) is 3.36. The number of hydrogen-bond acceptors (Lipinski definition) is 2. The molecule has 0 aliphatic rings. The van der Waals surface area contributed by atoms with E-state index in [0.717, 1.165) is 15.5 Å². The summed E-state index contributed by atoms with van der Waals surface area (Å²) in [6.45, 7) is 0. The minimum absolute atomic E-state index is 0.480. The number of pyridine rings is 1. The fourth-order valence-electron chi connectivity index (χ4n) is 1.08. The number of nitrogens with zero attached hydrogens (tertiary/aromatic N) is 3. The number of fused-ring (bicyclic) bond motifs is 1. The lowest BCUT2D eigenvalue weighted by Crippen LogP contribution is -1.87. The van der Waals surface area contributed by atoms with Gasteiger partial charge in [0.25, 0.3) is 0 Å². The first-order chi connectivity index (χ1) is 5.70. The van der Waals surface area contributed by atoms with Crippen molar-refractivity contribution in [2.45, 2.75) is 0 Å². The average molecular weight is 246 g/mol. The average Bonchev–Trinajstić information content (AvgIpc) is 2.42. The molecule has 62 valence electrons. The highest BCUT2D eigenvalue weighted by molar-refractivity contribution is 9.10. The predicted molar refractivity (Wildman–Crippen MR) is 51.2 cm³/mol. The number of halogens is 2. The summed E-state index contributed by atoms with van der Waals surface area (Å²) in [7, 11) is 1.88. The number of imidazole rings is 1. The summed E-state index contributed by atoms with van der Waals surface area (Å²) in [6, 6.07) is 0. The zero-order valence-corrected chi connectivity index (χ0v) is 8.59. The quantitative estimate of drug-likeness (QED) is 0.668. The topological polar surface area (TPSA) is 30.7 Å². The van der Waals surface area contributed by atoms with Gasteiger partial charge in [-0.1, -0.05) is 11.6 Å². The molecule has 2 rings (SSSR count). The van der Waals surface area contributed by atoms with Gasteiger partial charge in [-0.15, -0.1) is 0 Å². The van der Waals surface area contributed by atoms with Gasteiger partial charge in [-0.3, -0.25) is 0 Å². The van der Waals surface area contributed by atoms with E-state index in [0.29, 0.717) is 5.15 Å². The highest BCUT2D eigenvalue weighted by Gasteiger charge is 2.08. The Labute approximate surface area is 82.5 Å². The van der Waals surface area contributed by atoms with Crippen molar-refractivity contribution in [2.75, 3.05) is 0 Å². The van der Waals surface area contributed by atoms with E-state index < -0.39 is 0 Å². The van der Waals surface area contributed by atoms with Crippen molar-refractivity contribution < 1.29 is 0 Å². The minimum atomic E-state index is 0.480. The Morgan fingerprint density at radius 2 is 2.25 bits per heavy atom. The van der Waals surface area contributed by atoms with Gasteiger partial charge in [-0.2, -0.15) is 0 Å². The number of hydrogen-bond donors (Lipinski definition) is 0. The lowest BCUT2D eigenvalue weighted by atomic mass is 10.4. The van der Waals surface area contributed by atoms with E-state index in [4.69, 9.17) is 11.6 Å². The van der Waals surface area contributed by atoms with Crippen molar-refractivity contribution in [1.82, 2.24) is 14.5 Å². The maximum Gasteiger partial charge on any atom is 0.154 e. The summed E-state index contributed by atoms with van der Waals surface area (Å²) in [4.78, 5) is 8.17. The Morgan fingerprint density at radius 1 is 1.50 bits per heavy atom. The normalized spacial score (nSPS) is 10.9. The molecule has 0 saturated carbocycles. The summed E-state index contributed by atoms with van der Waals surface area (Å²) >= 11 is 9.23. The second-order valence-electron chi connectivity index (χ2n) is 2.45. The molecule has 0 radical (unpaired) electrons. The molecule has 0 bridgehead atoms. The molecule has 0 saturated heterocycles. The molecule has 12 heavy (non-hydrogen) atoms. The molecule has 0 N–H and O–H groups in total. The van der Waals surface area contributed by atoms with Crippen LogP contribution in [0.3, 0.4) is 0 Å². The zero-order chi connectivity index (χ0) is 8.72. The van der Waals surface area contributed by atoms with Gasteiger partial charge in [0.05, 0.1) is 10.8 Å². The van der Waals surface area contributed by atoms with Crippen molar-refractivity contribution in [3.63, 3.8) is 0 Å². The first kappa shape index (κ1) is 8.01. The van der Waals surface area contributed by atoms with Crippen LogP contribution in [0.4, 0.5) is 0 Å². The fourth-order valence-corrected chi connectivity index (χ4v) is 1.75. The van der Waals surface area contributed by atoms with Crippen LogP contribution in [-0.4, -0.2) is 14.5 Å². The van der Waals surface area contributed by atoms with Crippen molar-refractivity contribution in [2.24, 2.45) is 7.05 Å². The summed E-state index contributed by atoms with van der Waals surface area (Å²) in [5, 5.41) is 0.480. The highest BCUT2D eigenvalue weighted by Crippen LogP contribution is 2.25. The Bertz CT molecular complexity index is 437. The summed E-state index contributed by atoms with van der Waals surface area (Å²) in [5.74, 6) is 0. The second kappa shape index (κ2) is 2.71. The molecule has 2 aromatic heterocycles. The van der Waals surface area contributed by atoms with Crippen LogP contribution in [0.2, 0.25) is 5.15 Å². The van der Waals surface area contributed by atoms with E-state index in [-0.39, 0.29) is 0 Å². The fraction of sp³-hybridized carbons (Fsp3) is 0.143. The third-order valence-corrected chi connectivity index (χ3v) is 2.51. The van der Waals surface area contributed by atoms with Gasteiger partial charge in [0, 0.05) is 13.2 Å². The van der Waals surface area contributed by atoms with E-state index in [2.05, 4.69) is 25.9 Å². The van der Waals surface area contributed by atoms with Crippen molar-refractivity contribution in [3.05, 3.63) is 22.1 Å². The molecule has 2 aromatic rings. The second-order valence-corrected chi connectivity index (χ2v) is 3.66. The van der Waals surface area contributed by atoms with Gasteiger partial charge in [-0.25, -0.2) is 9.97 Å². The monoisotopic (exact) mass is 245 g/mol. The Kier molecular flexibility index (Phi) is 1.81. The standard InChI is InChI=1S/C7H5BrClN3/c1-12-3-11-5-4(8)2-10-7(9)6(5)12/h2-3H,1H3. The van der Waals surface area contributed by atoms with E-state index in [1.807, 2.05) is 11.6 Å². The molecule has 0 atom stereocenters. The number of rotatable bonds is 0. The van der Waals surface area contributed by atoms with Crippen LogP contribution in [0.5, 0.6) is 0 Å². The minimum Gasteiger partial charge on any atom is -0.331 e. The number of aryl methyl sites for hydroxylation is 1. The van der Waals surface area contributed by atoms with Crippen LogP contribution in [0, 0.1) is 0 Å². The van der Waals surface area contributed by atoms with Crippen LogP contribution in [-0.2, 0) is 7.05 Å². The molecule has 0 aliphatic heterocycles. The smallest absolute Gasteiger partial charge is 0.154 e. The SMILES string of the molecule is Cn1cnc2c(Br)cnc(Cl)c21.